The van der Waals surface area contributed by atoms with Crippen molar-refractivity contribution in [1.82, 2.24) is 4.57 Å². The minimum Gasteiger partial charge on any atom is -0.487 e. The lowest BCUT2D eigenvalue weighted by atomic mass is 9.96. The van der Waals surface area contributed by atoms with Crippen LogP contribution in [0.25, 0.3) is 6.08 Å². The van der Waals surface area contributed by atoms with Crippen LogP contribution >= 0.6 is 79.7 Å². The van der Waals surface area contributed by atoms with E-state index in [1.807, 2.05) is 54.6 Å². The molecule has 0 unspecified atom stereocenters. The first-order valence-corrected chi connectivity index (χ1v) is 16.6. The molecule has 0 aliphatic carbocycles. The molecule has 6 nitrogen and oxygen atoms in total. The SMILES string of the molecule is CC1=C(C(=O)OC(C)C)[C@@H](c2ccc(Cl)cc2)n2c(s/c(=C\c3cc(I)c(OCc4ccccc4Cl)c(I)c3)c2=O)=N1. The molecule has 0 spiro atoms. The number of carbonyl (C=O) groups excluding carboxylic acids is 1. The number of nitrogens with zero attached hydrogens (tertiary/aromatic N) is 2. The van der Waals surface area contributed by atoms with Crippen molar-refractivity contribution in [2.24, 2.45) is 4.99 Å². The van der Waals surface area contributed by atoms with E-state index in [0.29, 0.717) is 37.3 Å². The monoisotopic (exact) mass is 844 g/mol. The van der Waals surface area contributed by atoms with Gasteiger partial charge in [0, 0.05) is 15.6 Å². The fourth-order valence-corrected chi connectivity index (χ4v) is 8.03. The molecule has 4 aromatic rings. The van der Waals surface area contributed by atoms with E-state index in [1.54, 1.807) is 37.5 Å². The van der Waals surface area contributed by atoms with Crippen LogP contribution in [0, 0.1) is 7.14 Å². The Morgan fingerprint density at radius 3 is 2.40 bits per heavy atom. The number of benzene rings is 3. The molecule has 216 valence electrons. The zero-order valence-electron chi connectivity index (χ0n) is 22.7. The molecule has 1 atom stereocenters. The van der Waals surface area contributed by atoms with E-state index in [1.165, 1.54) is 11.3 Å². The predicted octanol–water partition coefficient (Wildman–Crippen LogP) is 7.28. The second kappa shape index (κ2) is 13.2. The van der Waals surface area contributed by atoms with Crippen LogP contribution in [0.5, 0.6) is 5.75 Å². The van der Waals surface area contributed by atoms with Gasteiger partial charge in [0.2, 0.25) is 0 Å². The highest BCUT2D eigenvalue weighted by atomic mass is 127. The third-order valence-electron chi connectivity index (χ3n) is 6.42. The Balaban J connectivity index is 1.56. The number of aromatic nitrogens is 1. The van der Waals surface area contributed by atoms with E-state index in [2.05, 4.69) is 50.2 Å². The number of halogens is 4. The number of hydrogen-bond donors (Lipinski definition) is 0. The van der Waals surface area contributed by atoms with Crippen LogP contribution in [-0.2, 0) is 16.1 Å². The van der Waals surface area contributed by atoms with Crippen molar-refractivity contribution < 1.29 is 14.3 Å². The van der Waals surface area contributed by atoms with Crippen LogP contribution in [0.1, 0.15) is 43.5 Å². The zero-order valence-corrected chi connectivity index (χ0v) is 29.3. The highest BCUT2D eigenvalue weighted by Gasteiger charge is 2.33. The number of fused-ring (bicyclic) bond motifs is 1. The molecule has 5 rings (SSSR count). The molecular weight excluding hydrogens is 821 g/mol. The van der Waals surface area contributed by atoms with Crippen molar-refractivity contribution >= 4 is 91.8 Å². The second-order valence-electron chi connectivity index (χ2n) is 9.78. The third-order valence-corrected chi connectivity index (χ3v) is 9.62. The number of rotatable bonds is 7. The summed E-state index contributed by atoms with van der Waals surface area (Å²) in [7, 11) is 0. The van der Waals surface area contributed by atoms with Gasteiger partial charge in [-0.05, 0) is 113 Å². The van der Waals surface area contributed by atoms with Crippen molar-refractivity contribution in [2.45, 2.75) is 39.5 Å². The Kier molecular flexibility index (Phi) is 9.83. The Bertz CT molecular complexity index is 1880. The van der Waals surface area contributed by atoms with Gasteiger partial charge in [-0.2, -0.15) is 0 Å². The van der Waals surface area contributed by atoms with Gasteiger partial charge < -0.3 is 9.47 Å². The fraction of sp³-hybridized carbons (Fsp3) is 0.194. The van der Waals surface area contributed by atoms with Gasteiger partial charge in [-0.15, -0.1) is 0 Å². The second-order valence-corrected chi connectivity index (χ2v) is 14.0. The van der Waals surface area contributed by atoms with Gasteiger partial charge in [0.15, 0.2) is 4.80 Å². The molecular formula is C31H24Cl2I2N2O4S. The number of allylic oxidation sites excluding steroid dienone is 1. The van der Waals surface area contributed by atoms with Gasteiger partial charge in [0.1, 0.15) is 12.4 Å². The maximum absolute atomic E-state index is 13.9. The van der Waals surface area contributed by atoms with E-state index in [0.717, 1.165) is 29.6 Å². The highest BCUT2D eigenvalue weighted by molar-refractivity contribution is 14.1. The lowest BCUT2D eigenvalue weighted by molar-refractivity contribution is -0.143. The smallest absolute Gasteiger partial charge is 0.338 e. The summed E-state index contributed by atoms with van der Waals surface area (Å²) in [5.74, 6) is 0.248. The first-order valence-electron chi connectivity index (χ1n) is 12.9. The van der Waals surface area contributed by atoms with Crippen LogP contribution in [-0.4, -0.2) is 16.6 Å². The molecule has 0 fully saturated rings. The maximum Gasteiger partial charge on any atom is 0.338 e. The van der Waals surface area contributed by atoms with Crippen LogP contribution in [0.15, 0.2) is 81.7 Å². The Morgan fingerprint density at radius 1 is 1.10 bits per heavy atom. The van der Waals surface area contributed by atoms with Gasteiger partial charge in [-0.1, -0.05) is 64.9 Å². The van der Waals surface area contributed by atoms with Gasteiger partial charge in [-0.25, -0.2) is 9.79 Å². The van der Waals surface area contributed by atoms with Crippen molar-refractivity contribution in [1.29, 1.82) is 0 Å². The average molecular weight is 845 g/mol. The Labute approximate surface area is 284 Å². The largest absolute Gasteiger partial charge is 0.487 e. The van der Waals surface area contributed by atoms with E-state index in [9.17, 15) is 9.59 Å². The van der Waals surface area contributed by atoms with E-state index >= 15 is 0 Å². The highest BCUT2D eigenvalue weighted by Crippen LogP contribution is 2.33. The van der Waals surface area contributed by atoms with Gasteiger partial charge in [0.05, 0.1) is 35.1 Å². The number of hydrogen-bond acceptors (Lipinski definition) is 6. The summed E-state index contributed by atoms with van der Waals surface area (Å²) in [4.78, 5) is 32.4. The normalized spacial score (nSPS) is 15.0. The lowest BCUT2D eigenvalue weighted by Crippen LogP contribution is -2.40. The first kappa shape index (κ1) is 31.2. The Hall–Kier alpha value is -2.19. The standard InChI is InChI=1S/C31H24Cl2I2N2O4S/c1-16(2)41-30(39)26-17(3)36-31-37(27(26)19-8-10-21(32)11-9-19)29(38)25(42-31)14-18-12-23(34)28(24(35)13-18)40-15-20-6-4-5-7-22(20)33/h4-14,16,27H,15H2,1-3H3/b25-14-/t27-/m1/s1. The molecule has 0 radical (unpaired) electrons. The van der Waals surface area contributed by atoms with Gasteiger partial charge in [0.25, 0.3) is 5.56 Å². The van der Waals surface area contributed by atoms with Crippen LogP contribution < -0.4 is 19.6 Å². The summed E-state index contributed by atoms with van der Waals surface area (Å²) in [6.45, 7) is 5.69. The molecule has 1 aliphatic heterocycles. The third kappa shape index (κ3) is 6.64. The summed E-state index contributed by atoms with van der Waals surface area (Å²) in [6.07, 6.45) is 1.52. The first-order chi connectivity index (χ1) is 20.0. The summed E-state index contributed by atoms with van der Waals surface area (Å²) < 4.78 is 15.6. The number of ether oxygens (including phenoxy) is 2. The van der Waals surface area contributed by atoms with E-state index in [4.69, 9.17) is 32.7 Å². The maximum atomic E-state index is 13.9. The van der Waals surface area contributed by atoms with Crippen molar-refractivity contribution in [3.63, 3.8) is 0 Å². The fourth-order valence-electron chi connectivity index (χ4n) is 4.54. The molecule has 0 bridgehead atoms. The lowest BCUT2D eigenvalue weighted by Gasteiger charge is -2.25. The molecule has 0 amide bonds. The number of thiazole rings is 1. The number of esters is 1. The van der Waals surface area contributed by atoms with E-state index in [-0.39, 0.29) is 11.7 Å². The molecule has 3 aromatic carbocycles. The molecule has 1 aliphatic rings. The van der Waals surface area contributed by atoms with Crippen LogP contribution in [0.2, 0.25) is 10.0 Å². The summed E-state index contributed by atoms with van der Waals surface area (Å²) in [5.41, 5.74) is 3.08. The minimum absolute atomic E-state index is 0.245. The van der Waals surface area contributed by atoms with Crippen molar-refractivity contribution in [3.8, 4) is 5.75 Å². The van der Waals surface area contributed by atoms with Crippen molar-refractivity contribution in [3.05, 3.63) is 125 Å². The minimum atomic E-state index is -0.701. The quantitative estimate of drug-likeness (QED) is 0.145. The molecule has 11 heteroatoms. The summed E-state index contributed by atoms with van der Waals surface area (Å²) in [6, 6.07) is 17.9. The van der Waals surface area contributed by atoms with Gasteiger partial charge >= 0.3 is 5.97 Å². The Morgan fingerprint density at radius 2 is 1.76 bits per heavy atom. The van der Waals surface area contributed by atoms with Crippen molar-refractivity contribution in [2.75, 3.05) is 0 Å². The molecule has 1 aromatic heterocycles. The molecule has 0 saturated carbocycles. The summed E-state index contributed by atoms with van der Waals surface area (Å²) in [5, 5.41) is 1.21. The molecule has 0 N–H and O–H groups in total. The van der Waals surface area contributed by atoms with E-state index < -0.39 is 12.0 Å². The summed E-state index contributed by atoms with van der Waals surface area (Å²) >= 11 is 18.2. The van der Waals surface area contributed by atoms with Crippen LogP contribution in [0.3, 0.4) is 0 Å². The molecule has 2 heterocycles. The number of carbonyl (C=O) groups is 1. The van der Waals surface area contributed by atoms with Crippen LogP contribution in [0.4, 0.5) is 0 Å². The average Bonchev–Trinajstić information content (AvgIpc) is 3.22. The zero-order chi connectivity index (χ0) is 30.1. The molecule has 0 saturated heterocycles. The van der Waals surface area contributed by atoms with Gasteiger partial charge in [-0.3, -0.25) is 9.36 Å². The topological polar surface area (TPSA) is 69.9 Å². The predicted molar refractivity (Wildman–Crippen MR) is 184 cm³/mol. The molecule has 42 heavy (non-hydrogen) atoms.